The highest BCUT2D eigenvalue weighted by atomic mass is 32.1. The Labute approximate surface area is 191 Å². The number of anilines is 1. The van der Waals surface area contributed by atoms with Crippen LogP contribution in [-0.2, 0) is 4.79 Å². The van der Waals surface area contributed by atoms with Crippen LogP contribution in [0.5, 0.6) is 11.5 Å². The van der Waals surface area contributed by atoms with Gasteiger partial charge in [-0.1, -0.05) is 35.6 Å². The number of nitrogen functional groups attached to an aromatic ring is 1. The van der Waals surface area contributed by atoms with Gasteiger partial charge < -0.3 is 20.3 Å². The predicted molar refractivity (Wildman–Crippen MR) is 124 cm³/mol. The number of aromatic nitrogens is 4. The lowest BCUT2D eigenvalue weighted by Crippen LogP contribution is -1.92. The van der Waals surface area contributed by atoms with Gasteiger partial charge in [-0.3, -0.25) is 9.20 Å². The molecule has 10 heteroatoms. The van der Waals surface area contributed by atoms with Gasteiger partial charge in [-0.05, 0) is 41.5 Å². The summed E-state index contributed by atoms with van der Waals surface area (Å²) in [6.45, 7) is 0.0180. The highest BCUT2D eigenvalue weighted by Gasteiger charge is 2.15. The standard InChI is InChI=1S/C22H15N5O2S.CH2O2/c23-22-26-25-21(30-22)16-3-1-2-15(8-16)17-11-24-20-10-14(6-7-27(17)20)13-4-5-18-19(9-13)29-12-28-18;2-1-3/h1-11H,12H2,(H2,23,26);1H,(H,2,3). The second-order valence-corrected chi connectivity index (χ2v) is 8.00. The summed E-state index contributed by atoms with van der Waals surface area (Å²) in [5, 5.41) is 16.2. The Balaban J connectivity index is 0.000000724. The molecule has 0 unspecified atom stereocenters. The molecule has 1 aliphatic rings. The zero-order chi connectivity index (χ0) is 22.8. The minimum atomic E-state index is -0.250. The lowest BCUT2D eigenvalue weighted by molar-refractivity contribution is -0.122. The van der Waals surface area contributed by atoms with Crippen molar-refractivity contribution in [3.63, 3.8) is 0 Å². The molecule has 4 heterocycles. The molecule has 0 fully saturated rings. The second-order valence-electron chi connectivity index (χ2n) is 6.99. The summed E-state index contributed by atoms with van der Waals surface area (Å²) < 4.78 is 13.0. The first-order valence-corrected chi connectivity index (χ1v) is 10.6. The molecule has 0 amide bonds. The zero-order valence-corrected chi connectivity index (χ0v) is 17.9. The summed E-state index contributed by atoms with van der Waals surface area (Å²) in [6.07, 6.45) is 3.92. The van der Waals surface area contributed by atoms with Crippen molar-refractivity contribution in [1.29, 1.82) is 0 Å². The Kier molecular flexibility index (Phi) is 5.33. The first-order chi connectivity index (χ1) is 16.2. The molecule has 5 aromatic rings. The van der Waals surface area contributed by atoms with Crippen molar-refractivity contribution >= 4 is 28.6 Å². The summed E-state index contributed by atoms with van der Waals surface area (Å²) in [5.74, 6) is 1.55. The fraction of sp³-hybridized carbons (Fsp3) is 0.0435. The zero-order valence-electron chi connectivity index (χ0n) is 17.1. The van der Waals surface area contributed by atoms with E-state index in [-0.39, 0.29) is 13.3 Å². The third-order valence-electron chi connectivity index (χ3n) is 5.07. The van der Waals surface area contributed by atoms with E-state index in [0.717, 1.165) is 50.1 Å². The van der Waals surface area contributed by atoms with Gasteiger partial charge in [0.25, 0.3) is 6.47 Å². The number of rotatable bonds is 3. The Hall–Kier alpha value is -4.44. The average molecular weight is 459 g/mol. The number of carboxylic acid groups (broad SMARTS) is 1. The van der Waals surface area contributed by atoms with Gasteiger partial charge in [0.05, 0.1) is 11.9 Å². The number of nitrogens with two attached hydrogens (primary N) is 1. The lowest BCUT2D eigenvalue weighted by Gasteiger charge is -2.07. The van der Waals surface area contributed by atoms with E-state index in [0.29, 0.717) is 5.13 Å². The Morgan fingerprint density at radius 1 is 0.970 bits per heavy atom. The van der Waals surface area contributed by atoms with E-state index >= 15 is 0 Å². The largest absolute Gasteiger partial charge is 0.483 e. The van der Waals surface area contributed by atoms with Crippen molar-refractivity contribution in [2.45, 2.75) is 0 Å². The van der Waals surface area contributed by atoms with E-state index in [2.05, 4.69) is 43.8 Å². The molecule has 0 bridgehead atoms. The molecule has 2 aromatic carbocycles. The normalized spacial score (nSPS) is 11.8. The van der Waals surface area contributed by atoms with Crippen molar-refractivity contribution < 1.29 is 19.4 Å². The molecule has 3 aromatic heterocycles. The van der Waals surface area contributed by atoms with E-state index in [1.54, 1.807) is 0 Å². The molecule has 9 nitrogen and oxygen atoms in total. The van der Waals surface area contributed by atoms with E-state index < -0.39 is 0 Å². The maximum atomic E-state index is 8.36. The minimum Gasteiger partial charge on any atom is -0.483 e. The summed E-state index contributed by atoms with van der Waals surface area (Å²) in [5.41, 5.74) is 11.7. The first kappa shape index (κ1) is 20.5. The number of nitrogens with zero attached hydrogens (tertiary/aromatic N) is 4. The van der Waals surface area contributed by atoms with E-state index in [1.807, 2.05) is 42.7 Å². The summed E-state index contributed by atoms with van der Waals surface area (Å²) in [4.78, 5) is 13.0. The molecular formula is C23H17N5O4S. The van der Waals surface area contributed by atoms with Crippen LogP contribution in [0.4, 0.5) is 5.13 Å². The monoisotopic (exact) mass is 459 g/mol. The molecule has 0 saturated heterocycles. The van der Waals surface area contributed by atoms with Crippen LogP contribution in [0.2, 0.25) is 0 Å². The van der Waals surface area contributed by atoms with Crippen LogP contribution < -0.4 is 15.2 Å². The number of carbonyl (C=O) groups is 1. The van der Waals surface area contributed by atoms with Crippen LogP contribution in [-0.4, -0.2) is 38.0 Å². The van der Waals surface area contributed by atoms with Gasteiger partial charge in [0.15, 0.2) is 11.5 Å². The molecular weight excluding hydrogens is 442 g/mol. The smallest absolute Gasteiger partial charge is 0.290 e. The molecule has 1 aliphatic heterocycles. The summed E-state index contributed by atoms with van der Waals surface area (Å²) in [7, 11) is 0. The van der Waals surface area contributed by atoms with Gasteiger partial charge in [0, 0.05) is 17.3 Å². The second kappa shape index (κ2) is 8.60. The van der Waals surface area contributed by atoms with Crippen molar-refractivity contribution in [1.82, 2.24) is 19.6 Å². The van der Waals surface area contributed by atoms with Crippen LogP contribution >= 0.6 is 11.3 Å². The lowest BCUT2D eigenvalue weighted by atomic mass is 10.1. The molecule has 0 saturated carbocycles. The molecule has 0 spiro atoms. The van der Waals surface area contributed by atoms with Crippen LogP contribution in [0.3, 0.4) is 0 Å². The Morgan fingerprint density at radius 3 is 2.58 bits per heavy atom. The summed E-state index contributed by atoms with van der Waals surface area (Å²) in [6, 6.07) is 18.2. The number of ether oxygens (including phenoxy) is 2. The molecule has 3 N–H and O–H groups in total. The van der Waals surface area contributed by atoms with E-state index in [1.165, 1.54) is 11.3 Å². The fourth-order valence-electron chi connectivity index (χ4n) is 3.61. The predicted octanol–water partition coefficient (Wildman–Crippen LogP) is 4.20. The maximum Gasteiger partial charge on any atom is 0.290 e. The van der Waals surface area contributed by atoms with Gasteiger partial charge in [-0.2, -0.15) is 0 Å². The SMILES string of the molecule is Nc1nnc(-c2cccc(-c3cnc4cc(-c5ccc6c(c5)OCO6)ccn34)c2)s1.O=CO. The number of hydrogen-bond donors (Lipinski definition) is 2. The Morgan fingerprint density at radius 2 is 1.76 bits per heavy atom. The number of fused-ring (bicyclic) bond motifs is 2. The third-order valence-corrected chi connectivity index (χ3v) is 5.87. The van der Waals surface area contributed by atoms with Gasteiger partial charge in [-0.25, -0.2) is 4.98 Å². The quantitative estimate of drug-likeness (QED) is 0.385. The number of pyridine rings is 1. The van der Waals surface area contributed by atoms with Crippen LogP contribution in [0.1, 0.15) is 0 Å². The maximum absolute atomic E-state index is 8.36. The van der Waals surface area contributed by atoms with Gasteiger partial charge >= 0.3 is 0 Å². The third kappa shape index (κ3) is 3.94. The molecule has 0 radical (unpaired) electrons. The number of hydrogen-bond acceptors (Lipinski definition) is 8. The Bertz CT molecular complexity index is 1460. The average Bonchev–Trinajstić information content (AvgIpc) is 3.58. The number of benzene rings is 2. The topological polar surface area (TPSA) is 125 Å². The van der Waals surface area contributed by atoms with Crippen molar-refractivity contribution in [2.75, 3.05) is 12.5 Å². The van der Waals surface area contributed by atoms with Crippen molar-refractivity contribution in [3.05, 3.63) is 67.0 Å². The molecule has 164 valence electrons. The van der Waals surface area contributed by atoms with Crippen LogP contribution in [0.25, 0.3) is 38.6 Å². The van der Waals surface area contributed by atoms with Gasteiger partial charge in [0.2, 0.25) is 11.9 Å². The van der Waals surface area contributed by atoms with Gasteiger partial charge in [0.1, 0.15) is 10.7 Å². The van der Waals surface area contributed by atoms with Crippen molar-refractivity contribution in [3.8, 4) is 44.5 Å². The highest BCUT2D eigenvalue weighted by molar-refractivity contribution is 7.18. The van der Waals surface area contributed by atoms with Gasteiger partial charge in [-0.15, -0.1) is 10.2 Å². The van der Waals surface area contributed by atoms with Crippen LogP contribution in [0.15, 0.2) is 67.0 Å². The number of imidazole rings is 1. The molecule has 0 atom stereocenters. The highest BCUT2D eigenvalue weighted by Crippen LogP contribution is 2.36. The van der Waals surface area contributed by atoms with Crippen LogP contribution in [0, 0.1) is 0 Å². The van der Waals surface area contributed by atoms with E-state index in [9.17, 15) is 0 Å². The summed E-state index contributed by atoms with van der Waals surface area (Å²) >= 11 is 1.37. The molecule has 6 rings (SSSR count). The van der Waals surface area contributed by atoms with E-state index in [4.69, 9.17) is 25.1 Å². The van der Waals surface area contributed by atoms with Crippen molar-refractivity contribution in [2.24, 2.45) is 0 Å². The minimum absolute atomic E-state index is 0.250. The first-order valence-electron chi connectivity index (χ1n) is 9.81. The molecule has 0 aliphatic carbocycles. The fourth-order valence-corrected chi connectivity index (χ4v) is 4.22. The molecule has 33 heavy (non-hydrogen) atoms.